The van der Waals surface area contributed by atoms with Gasteiger partial charge < -0.3 is 34.0 Å². The minimum Gasteiger partial charge on any atom is -0.493 e. The van der Waals surface area contributed by atoms with Crippen LogP contribution in [0.4, 0.5) is 4.79 Å². The number of hydrogen-bond donors (Lipinski definition) is 2. The fourth-order valence-electron chi connectivity index (χ4n) is 4.77. The number of carbonyl (C=O) groups is 2. The van der Waals surface area contributed by atoms with Crippen LogP contribution >= 0.6 is 0 Å². The molecule has 1 unspecified atom stereocenters. The number of methoxy groups -OCH3 is 3. The lowest BCUT2D eigenvalue weighted by atomic mass is 10.0. The molecule has 0 aliphatic carbocycles. The molecule has 2 amide bonds. The number of nitrogens with one attached hydrogen (secondary N) is 1. The molecule has 1 fully saturated rings. The van der Waals surface area contributed by atoms with Crippen LogP contribution in [0.3, 0.4) is 0 Å². The van der Waals surface area contributed by atoms with E-state index in [0.717, 1.165) is 16.7 Å². The van der Waals surface area contributed by atoms with Crippen molar-refractivity contribution in [1.82, 2.24) is 15.2 Å². The maximum absolute atomic E-state index is 13.2. The van der Waals surface area contributed by atoms with Crippen molar-refractivity contribution >= 4 is 23.1 Å². The largest absolute Gasteiger partial charge is 0.493 e. The molecule has 5 rings (SSSR count). The molecule has 3 heterocycles. The van der Waals surface area contributed by atoms with Crippen LogP contribution in [0.15, 0.2) is 59.1 Å². The Labute approximate surface area is 218 Å². The molecule has 2 aromatic heterocycles. The maximum atomic E-state index is 13.2. The molecule has 0 bridgehead atoms. The van der Waals surface area contributed by atoms with Crippen molar-refractivity contribution < 1.29 is 33.3 Å². The van der Waals surface area contributed by atoms with E-state index in [0.29, 0.717) is 59.2 Å². The van der Waals surface area contributed by atoms with Crippen LogP contribution in [0.5, 0.6) is 17.2 Å². The summed E-state index contributed by atoms with van der Waals surface area (Å²) in [5.41, 5.74) is 4.06. The van der Waals surface area contributed by atoms with E-state index in [1.165, 1.54) is 0 Å². The molecular formula is C28H27N3O7. The highest BCUT2D eigenvalue weighted by molar-refractivity contribution is 5.98. The number of aromatic nitrogens is 1. The summed E-state index contributed by atoms with van der Waals surface area (Å²) in [6.45, 7) is 0.828. The number of nitrogens with zero attached hydrogens (tertiary/aromatic N) is 2. The van der Waals surface area contributed by atoms with Gasteiger partial charge in [-0.2, -0.15) is 0 Å². The summed E-state index contributed by atoms with van der Waals surface area (Å²) in [6, 6.07) is 14.3. The first-order valence-corrected chi connectivity index (χ1v) is 12.0. The van der Waals surface area contributed by atoms with E-state index in [1.807, 2.05) is 30.3 Å². The molecule has 0 saturated carbocycles. The Hall–Kier alpha value is -4.73. The van der Waals surface area contributed by atoms with Crippen molar-refractivity contribution in [2.24, 2.45) is 0 Å². The normalized spacial score (nSPS) is 14.9. The van der Waals surface area contributed by atoms with Crippen LogP contribution in [0, 0.1) is 0 Å². The fourth-order valence-corrected chi connectivity index (χ4v) is 4.77. The van der Waals surface area contributed by atoms with Gasteiger partial charge in [-0.3, -0.25) is 9.78 Å². The van der Waals surface area contributed by atoms with E-state index in [1.54, 1.807) is 50.6 Å². The van der Waals surface area contributed by atoms with E-state index >= 15 is 0 Å². The van der Waals surface area contributed by atoms with Crippen molar-refractivity contribution in [3.05, 3.63) is 60.3 Å². The van der Waals surface area contributed by atoms with Gasteiger partial charge in [0.1, 0.15) is 11.3 Å². The number of hydrogen-bond acceptors (Lipinski definition) is 7. The molecule has 196 valence electrons. The van der Waals surface area contributed by atoms with Crippen molar-refractivity contribution in [3.8, 4) is 39.7 Å². The lowest BCUT2D eigenvalue weighted by molar-refractivity contribution is 0.0788. The molecule has 1 atom stereocenters. The number of carbonyl (C=O) groups excluding carboxylic acids is 1. The molecule has 0 spiro atoms. The predicted molar refractivity (Wildman–Crippen MR) is 140 cm³/mol. The summed E-state index contributed by atoms with van der Waals surface area (Å²) in [5, 5.41) is 11.4. The van der Waals surface area contributed by atoms with Crippen LogP contribution in [-0.4, -0.2) is 67.5 Å². The number of benzene rings is 2. The van der Waals surface area contributed by atoms with Gasteiger partial charge in [0.2, 0.25) is 5.75 Å². The van der Waals surface area contributed by atoms with Crippen LogP contribution in [0.2, 0.25) is 0 Å². The number of pyridine rings is 1. The van der Waals surface area contributed by atoms with Gasteiger partial charge in [0.25, 0.3) is 5.91 Å². The van der Waals surface area contributed by atoms with Crippen molar-refractivity contribution in [3.63, 3.8) is 0 Å². The standard InChI is InChI=1S/C28H27N3O7/c1-35-23-12-18(13-24(36-2)26(23)37-3)22-14-21-25(38-22)20(7-9-29-21)16-5-4-6-17(11-16)27(32)31-10-8-19(15-31)30-28(33)34/h4-7,9,11-14,19,30H,8,10,15H2,1-3H3,(H,33,34). The van der Waals surface area contributed by atoms with E-state index in [-0.39, 0.29) is 11.9 Å². The van der Waals surface area contributed by atoms with Crippen LogP contribution in [0.1, 0.15) is 16.8 Å². The van der Waals surface area contributed by atoms with Crippen LogP contribution in [0.25, 0.3) is 33.6 Å². The maximum Gasteiger partial charge on any atom is 0.404 e. The zero-order chi connectivity index (χ0) is 26.8. The highest BCUT2D eigenvalue weighted by Crippen LogP contribution is 2.42. The SMILES string of the molecule is COc1cc(-c2cc3nccc(-c4cccc(C(=O)N5CCC(NC(=O)O)C5)c4)c3o2)cc(OC)c1OC. The molecule has 1 saturated heterocycles. The van der Waals surface area contributed by atoms with Gasteiger partial charge in [0, 0.05) is 42.0 Å². The highest BCUT2D eigenvalue weighted by Gasteiger charge is 2.28. The summed E-state index contributed by atoms with van der Waals surface area (Å²) < 4.78 is 22.7. The summed E-state index contributed by atoms with van der Waals surface area (Å²) in [6.07, 6.45) is 1.19. The Bertz CT molecular complexity index is 1490. The van der Waals surface area contributed by atoms with Crippen LogP contribution < -0.4 is 19.5 Å². The minimum absolute atomic E-state index is 0.149. The third-order valence-electron chi connectivity index (χ3n) is 6.58. The van der Waals surface area contributed by atoms with Gasteiger partial charge in [-0.15, -0.1) is 0 Å². The molecular weight excluding hydrogens is 490 g/mol. The second-order valence-electron chi connectivity index (χ2n) is 8.86. The summed E-state index contributed by atoms with van der Waals surface area (Å²) in [5.74, 6) is 1.91. The molecule has 1 aliphatic heterocycles. The Morgan fingerprint density at radius 3 is 2.47 bits per heavy atom. The zero-order valence-corrected chi connectivity index (χ0v) is 21.2. The fraction of sp³-hybridized carbons (Fsp3) is 0.250. The summed E-state index contributed by atoms with van der Waals surface area (Å²) in [4.78, 5) is 30.3. The van der Waals surface area contributed by atoms with Gasteiger partial charge >= 0.3 is 6.09 Å². The first-order valence-electron chi connectivity index (χ1n) is 12.0. The smallest absolute Gasteiger partial charge is 0.404 e. The second kappa shape index (κ2) is 10.3. The number of fused-ring (bicyclic) bond motifs is 1. The van der Waals surface area contributed by atoms with Gasteiger partial charge in [-0.1, -0.05) is 12.1 Å². The number of carboxylic acid groups (broad SMARTS) is 1. The Morgan fingerprint density at radius 2 is 1.79 bits per heavy atom. The van der Waals surface area contributed by atoms with E-state index in [9.17, 15) is 9.59 Å². The minimum atomic E-state index is -1.09. The monoisotopic (exact) mass is 517 g/mol. The van der Waals surface area contributed by atoms with Crippen molar-refractivity contribution in [2.75, 3.05) is 34.4 Å². The van der Waals surface area contributed by atoms with Gasteiger partial charge in [-0.05, 0) is 42.3 Å². The third-order valence-corrected chi connectivity index (χ3v) is 6.58. The molecule has 10 nitrogen and oxygen atoms in total. The Balaban J connectivity index is 1.48. The number of likely N-dealkylation sites (tertiary alicyclic amines) is 1. The number of rotatable bonds is 7. The van der Waals surface area contributed by atoms with Crippen molar-refractivity contribution in [2.45, 2.75) is 12.5 Å². The van der Waals surface area contributed by atoms with Gasteiger partial charge in [-0.25, -0.2) is 4.79 Å². The molecule has 10 heteroatoms. The average molecular weight is 518 g/mol. The van der Waals surface area contributed by atoms with Crippen LogP contribution in [-0.2, 0) is 0 Å². The first-order chi connectivity index (χ1) is 18.4. The lowest BCUT2D eigenvalue weighted by Gasteiger charge is -2.17. The van der Waals surface area contributed by atoms with E-state index in [4.69, 9.17) is 23.7 Å². The first kappa shape index (κ1) is 24.9. The molecule has 38 heavy (non-hydrogen) atoms. The van der Waals surface area contributed by atoms with Crippen molar-refractivity contribution in [1.29, 1.82) is 0 Å². The third kappa shape index (κ3) is 4.68. The summed E-state index contributed by atoms with van der Waals surface area (Å²) >= 11 is 0. The van der Waals surface area contributed by atoms with Gasteiger partial charge in [0.05, 0.1) is 27.4 Å². The molecule has 2 N–H and O–H groups in total. The van der Waals surface area contributed by atoms with Gasteiger partial charge in [0.15, 0.2) is 17.1 Å². The summed E-state index contributed by atoms with van der Waals surface area (Å²) in [7, 11) is 4.66. The molecule has 0 radical (unpaired) electrons. The quantitative estimate of drug-likeness (QED) is 0.363. The number of ether oxygens (including phenoxy) is 3. The highest BCUT2D eigenvalue weighted by atomic mass is 16.5. The molecule has 1 aliphatic rings. The predicted octanol–water partition coefficient (Wildman–Crippen LogP) is 4.67. The van der Waals surface area contributed by atoms with E-state index < -0.39 is 6.09 Å². The van der Waals surface area contributed by atoms with E-state index in [2.05, 4.69) is 10.3 Å². The Kier molecular flexibility index (Phi) is 6.78. The Morgan fingerprint density at radius 1 is 1.03 bits per heavy atom. The number of amides is 2. The molecule has 2 aromatic carbocycles. The number of furan rings is 1. The lowest BCUT2D eigenvalue weighted by Crippen LogP contribution is -2.37. The second-order valence-corrected chi connectivity index (χ2v) is 8.86. The topological polar surface area (TPSA) is 123 Å². The average Bonchev–Trinajstić information content (AvgIpc) is 3.58. The molecule has 4 aromatic rings. The zero-order valence-electron chi connectivity index (χ0n) is 21.2.